The number of rotatable bonds is 9. The Bertz CT molecular complexity index is 415. The third kappa shape index (κ3) is 6.17. The van der Waals surface area contributed by atoms with E-state index >= 15 is 0 Å². The standard InChI is InChI=1S/C17H27NO3/c1-4-5-12-21-15-8-6-14(7-9-15)17(20)18-16(10-11-19)13(2)3/h6-9,13,16,19H,4-5,10-12H2,1-3H3,(H,18,20). The van der Waals surface area contributed by atoms with Crippen molar-refractivity contribution in [3.63, 3.8) is 0 Å². The Kier molecular flexibility index (Phi) is 7.83. The average Bonchev–Trinajstić information content (AvgIpc) is 2.47. The third-order valence-corrected chi connectivity index (χ3v) is 3.44. The molecule has 21 heavy (non-hydrogen) atoms. The first-order chi connectivity index (χ1) is 10.1. The van der Waals surface area contributed by atoms with Gasteiger partial charge in [0.05, 0.1) is 6.61 Å². The van der Waals surface area contributed by atoms with E-state index < -0.39 is 0 Å². The van der Waals surface area contributed by atoms with Gasteiger partial charge in [-0.1, -0.05) is 27.2 Å². The summed E-state index contributed by atoms with van der Waals surface area (Å²) in [5.41, 5.74) is 0.612. The molecule has 0 aliphatic rings. The molecule has 118 valence electrons. The lowest BCUT2D eigenvalue weighted by atomic mass is 10.0. The molecule has 2 N–H and O–H groups in total. The van der Waals surface area contributed by atoms with Gasteiger partial charge in [-0.2, -0.15) is 0 Å². The number of ether oxygens (including phenoxy) is 1. The molecule has 1 rings (SSSR count). The SMILES string of the molecule is CCCCOc1ccc(C(=O)NC(CCO)C(C)C)cc1. The van der Waals surface area contributed by atoms with Crippen molar-refractivity contribution in [2.45, 2.75) is 46.1 Å². The summed E-state index contributed by atoms with van der Waals surface area (Å²) in [6, 6.07) is 7.17. The second kappa shape index (κ2) is 9.40. The third-order valence-electron chi connectivity index (χ3n) is 3.44. The Morgan fingerprint density at radius 2 is 1.95 bits per heavy atom. The van der Waals surface area contributed by atoms with Crippen LogP contribution in [0.15, 0.2) is 24.3 Å². The van der Waals surface area contributed by atoms with Gasteiger partial charge >= 0.3 is 0 Å². The highest BCUT2D eigenvalue weighted by molar-refractivity contribution is 5.94. The van der Waals surface area contributed by atoms with E-state index in [0.717, 1.165) is 18.6 Å². The summed E-state index contributed by atoms with van der Waals surface area (Å²) in [7, 11) is 0. The monoisotopic (exact) mass is 293 g/mol. The molecular weight excluding hydrogens is 266 g/mol. The quantitative estimate of drug-likeness (QED) is 0.688. The van der Waals surface area contributed by atoms with Crippen LogP contribution in [0.4, 0.5) is 0 Å². The van der Waals surface area contributed by atoms with Crippen LogP contribution in [0.25, 0.3) is 0 Å². The van der Waals surface area contributed by atoms with Crippen LogP contribution in [0.3, 0.4) is 0 Å². The van der Waals surface area contributed by atoms with Crippen LogP contribution in [0.2, 0.25) is 0 Å². The molecule has 4 nitrogen and oxygen atoms in total. The molecule has 1 aromatic carbocycles. The molecule has 1 unspecified atom stereocenters. The number of hydrogen-bond acceptors (Lipinski definition) is 3. The van der Waals surface area contributed by atoms with Crippen LogP contribution in [-0.2, 0) is 0 Å². The fourth-order valence-electron chi connectivity index (χ4n) is 2.00. The molecule has 0 aromatic heterocycles. The zero-order valence-electron chi connectivity index (χ0n) is 13.3. The molecule has 0 radical (unpaired) electrons. The van der Waals surface area contributed by atoms with Crippen LogP contribution < -0.4 is 10.1 Å². The van der Waals surface area contributed by atoms with E-state index in [0.29, 0.717) is 18.6 Å². The zero-order chi connectivity index (χ0) is 15.7. The largest absolute Gasteiger partial charge is 0.494 e. The van der Waals surface area contributed by atoms with Crippen LogP contribution in [-0.4, -0.2) is 30.3 Å². The van der Waals surface area contributed by atoms with Gasteiger partial charge in [0, 0.05) is 18.2 Å². The number of aliphatic hydroxyl groups is 1. The zero-order valence-corrected chi connectivity index (χ0v) is 13.3. The number of carbonyl (C=O) groups excluding carboxylic acids is 1. The summed E-state index contributed by atoms with van der Waals surface area (Å²) in [6.07, 6.45) is 2.70. The predicted octanol–water partition coefficient (Wildman–Crippen LogP) is 3.00. The van der Waals surface area contributed by atoms with E-state index in [-0.39, 0.29) is 24.5 Å². The van der Waals surface area contributed by atoms with Gasteiger partial charge in [-0.25, -0.2) is 0 Å². The van der Waals surface area contributed by atoms with Gasteiger partial charge in [0.15, 0.2) is 0 Å². The van der Waals surface area contributed by atoms with Crippen molar-refractivity contribution in [3.8, 4) is 5.75 Å². The normalized spacial score (nSPS) is 12.2. The van der Waals surface area contributed by atoms with Crippen molar-refractivity contribution in [3.05, 3.63) is 29.8 Å². The molecule has 0 spiro atoms. The fraction of sp³-hybridized carbons (Fsp3) is 0.588. The topological polar surface area (TPSA) is 58.6 Å². The molecule has 1 aromatic rings. The number of hydrogen-bond donors (Lipinski definition) is 2. The minimum absolute atomic E-state index is 0.0111. The van der Waals surface area contributed by atoms with Gasteiger partial charge in [-0.15, -0.1) is 0 Å². The van der Waals surface area contributed by atoms with Gasteiger partial charge in [-0.3, -0.25) is 4.79 Å². The minimum atomic E-state index is -0.109. The molecule has 0 aliphatic carbocycles. The molecule has 0 heterocycles. The van der Waals surface area contributed by atoms with Crippen LogP contribution in [0.1, 0.15) is 50.4 Å². The van der Waals surface area contributed by atoms with E-state index in [1.807, 2.05) is 26.0 Å². The highest BCUT2D eigenvalue weighted by Gasteiger charge is 2.16. The van der Waals surface area contributed by atoms with Crippen LogP contribution in [0.5, 0.6) is 5.75 Å². The van der Waals surface area contributed by atoms with Gasteiger partial charge in [0.25, 0.3) is 5.91 Å². The molecule has 0 bridgehead atoms. The van der Waals surface area contributed by atoms with Crippen molar-refractivity contribution in [2.24, 2.45) is 5.92 Å². The summed E-state index contributed by atoms with van der Waals surface area (Å²) < 4.78 is 5.57. The lowest BCUT2D eigenvalue weighted by Gasteiger charge is -2.21. The molecule has 4 heteroatoms. The molecule has 0 aliphatic heterocycles. The van der Waals surface area contributed by atoms with Crippen molar-refractivity contribution >= 4 is 5.91 Å². The van der Waals surface area contributed by atoms with E-state index in [1.165, 1.54) is 0 Å². The maximum absolute atomic E-state index is 12.2. The Morgan fingerprint density at radius 3 is 2.48 bits per heavy atom. The van der Waals surface area contributed by atoms with E-state index in [1.54, 1.807) is 12.1 Å². The lowest BCUT2D eigenvalue weighted by molar-refractivity contribution is 0.0916. The second-order valence-electron chi connectivity index (χ2n) is 5.56. The van der Waals surface area contributed by atoms with Gasteiger partial charge in [0.2, 0.25) is 0 Å². The number of unbranched alkanes of at least 4 members (excludes halogenated alkanes) is 1. The van der Waals surface area contributed by atoms with E-state index in [4.69, 9.17) is 9.84 Å². The van der Waals surface area contributed by atoms with Gasteiger partial charge in [-0.05, 0) is 43.0 Å². The lowest BCUT2D eigenvalue weighted by Crippen LogP contribution is -2.39. The number of nitrogens with one attached hydrogen (secondary N) is 1. The first-order valence-electron chi connectivity index (χ1n) is 7.73. The van der Waals surface area contributed by atoms with E-state index in [9.17, 15) is 4.79 Å². The molecule has 0 fully saturated rings. The van der Waals surface area contributed by atoms with Crippen molar-refractivity contribution < 1.29 is 14.6 Å². The van der Waals surface area contributed by atoms with Gasteiger partial charge in [0.1, 0.15) is 5.75 Å². The molecule has 1 amide bonds. The molecule has 0 saturated heterocycles. The number of aliphatic hydroxyl groups excluding tert-OH is 1. The van der Waals surface area contributed by atoms with Crippen molar-refractivity contribution in [1.29, 1.82) is 0 Å². The summed E-state index contributed by atoms with van der Waals surface area (Å²) in [6.45, 7) is 6.96. The highest BCUT2D eigenvalue weighted by atomic mass is 16.5. The Hall–Kier alpha value is -1.55. The summed E-state index contributed by atoms with van der Waals surface area (Å²) >= 11 is 0. The van der Waals surface area contributed by atoms with Crippen LogP contribution >= 0.6 is 0 Å². The number of carbonyl (C=O) groups is 1. The smallest absolute Gasteiger partial charge is 0.251 e. The Labute approximate surface area is 127 Å². The number of benzene rings is 1. The number of amides is 1. The Morgan fingerprint density at radius 1 is 1.29 bits per heavy atom. The molecule has 1 atom stereocenters. The highest BCUT2D eigenvalue weighted by Crippen LogP contribution is 2.14. The predicted molar refractivity (Wildman–Crippen MR) is 84.6 cm³/mol. The minimum Gasteiger partial charge on any atom is -0.494 e. The first-order valence-corrected chi connectivity index (χ1v) is 7.73. The summed E-state index contributed by atoms with van der Waals surface area (Å²) in [5.74, 6) is 0.968. The maximum Gasteiger partial charge on any atom is 0.251 e. The summed E-state index contributed by atoms with van der Waals surface area (Å²) in [5, 5.41) is 12.0. The molecular formula is C17H27NO3. The maximum atomic E-state index is 12.2. The average molecular weight is 293 g/mol. The van der Waals surface area contributed by atoms with Crippen molar-refractivity contribution in [1.82, 2.24) is 5.32 Å². The summed E-state index contributed by atoms with van der Waals surface area (Å²) in [4.78, 5) is 12.2. The first kappa shape index (κ1) is 17.5. The van der Waals surface area contributed by atoms with Gasteiger partial charge < -0.3 is 15.2 Å². The fourth-order valence-corrected chi connectivity index (χ4v) is 2.00. The second-order valence-corrected chi connectivity index (χ2v) is 5.56. The van der Waals surface area contributed by atoms with E-state index in [2.05, 4.69) is 12.2 Å². The molecule has 0 saturated carbocycles. The van der Waals surface area contributed by atoms with Crippen LogP contribution in [0, 0.1) is 5.92 Å². The Balaban J connectivity index is 2.57. The van der Waals surface area contributed by atoms with Crippen molar-refractivity contribution in [2.75, 3.05) is 13.2 Å².